The Morgan fingerprint density at radius 2 is 1.61 bits per heavy atom. The smallest absolute Gasteiger partial charge is 0.134 e. The number of Topliss-reactive ketones (excluding diaryl/α,β-unsaturated/α-hetero) is 1. The van der Waals surface area contributed by atoms with Gasteiger partial charge in [-0.1, -0.05) is 47.5 Å². The topological polar surface area (TPSA) is 20.3 Å². The lowest BCUT2D eigenvalue weighted by Crippen LogP contribution is -2.53. The predicted molar refractivity (Wildman–Crippen MR) is 143 cm³/mol. The van der Waals surface area contributed by atoms with Crippen molar-refractivity contribution in [2.24, 2.45) is 46.3 Å². The first kappa shape index (κ1) is 27.5. The van der Waals surface area contributed by atoms with Crippen molar-refractivity contribution >= 4 is 18.2 Å². The molecule has 0 N–H and O–H groups in total. The van der Waals surface area contributed by atoms with Gasteiger partial charge in [0.05, 0.1) is 0 Å². The van der Waals surface area contributed by atoms with Crippen LogP contribution in [0.5, 0.6) is 0 Å². The number of hydrogen-bond acceptors (Lipinski definition) is 2. The first-order chi connectivity index (χ1) is 15.3. The fourth-order valence-electron chi connectivity index (χ4n) is 9.81. The monoisotopic (exact) mass is 479 g/mol. The van der Waals surface area contributed by atoms with Gasteiger partial charge < -0.3 is 4.90 Å². The van der Waals surface area contributed by atoms with Gasteiger partial charge in [0.1, 0.15) is 5.78 Å². The molecule has 4 fully saturated rings. The van der Waals surface area contributed by atoms with Crippen LogP contribution in [0.2, 0.25) is 0 Å². The van der Waals surface area contributed by atoms with E-state index in [0.717, 1.165) is 68.5 Å². The van der Waals surface area contributed by atoms with Crippen LogP contribution in [0.25, 0.3) is 0 Å². The van der Waals surface area contributed by atoms with E-state index in [0.29, 0.717) is 22.5 Å². The molecule has 33 heavy (non-hydrogen) atoms. The lowest BCUT2D eigenvalue weighted by molar-refractivity contribution is -0.121. The lowest BCUT2D eigenvalue weighted by Gasteiger charge is -2.61. The van der Waals surface area contributed by atoms with Gasteiger partial charge >= 0.3 is 0 Å². The van der Waals surface area contributed by atoms with E-state index in [1.807, 2.05) is 0 Å². The van der Waals surface area contributed by atoms with E-state index in [2.05, 4.69) is 39.5 Å². The molecular weight excluding hydrogens is 426 g/mol. The molecule has 0 amide bonds. The van der Waals surface area contributed by atoms with Crippen molar-refractivity contribution in [1.29, 1.82) is 0 Å². The van der Waals surface area contributed by atoms with Crippen molar-refractivity contribution in [3.8, 4) is 0 Å². The van der Waals surface area contributed by atoms with E-state index < -0.39 is 0 Å². The molecule has 0 aliphatic heterocycles. The number of carbonyl (C=O) groups excluding carboxylic acids is 1. The highest BCUT2D eigenvalue weighted by Gasteiger charge is 2.60. The summed E-state index contributed by atoms with van der Waals surface area (Å²) in [7, 11) is 0. The second-order valence-electron chi connectivity index (χ2n) is 13.0. The van der Waals surface area contributed by atoms with Crippen LogP contribution >= 0.6 is 12.4 Å². The van der Waals surface area contributed by atoms with Crippen LogP contribution in [-0.4, -0.2) is 30.3 Å². The fraction of sp³-hybridized carbons (Fsp3) is 0.967. The summed E-state index contributed by atoms with van der Waals surface area (Å²) in [6, 6.07) is 0. The van der Waals surface area contributed by atoms with E-state index in [4.69, 9.17) is 0 Å². The average molecular weight is 480 g/mol. The van der Waals surface area contributed by atoms with E-state index in [9.17, 15) is 4.79 Å². The van der Waals surface area contributed by atoms with Crippen LogP contribution in [0.15, 0.2) is 0 Å². The van der Waals surface area contributed by atoms with Crippen LogP contribution < -0.4 is 0 Å². The molecule has 1 unspecified atom stereocenters. The van der Waals surface area contributed by atoms with Crippen molar-refractivity contribution < 1.29 is 4.79 Å². The van der Waals surface area contributed by atoms with E-state index in [-0.39, 0.29) is 12.4 Å². The molecule has 4 saturated carbocycles. The molecule has 4 aliphatic carbocycles. The number of fused-ring (bicyclic) bond motifs is 5. The number of rotatable bonds is 9. The van der Waals surface area contributed by atoms with Crippen LogP contribution in [0.1, 0.15) is 118 Å². The second kappa shape index (κ2) is 11.3. The summed E-state index contributed by atoms with van der Waals surface area (Å²) in [5, 5.41) is 0. The highest BCUT2D eigenvalue weighted by molar-refractivity contribution is 5.85. The maximum absolute atomic E-state index is 12.6. The largest absolute Gasteiger partial charge is 0.303 e. The van der Waals surface area contributed by atoms with Crippen LogP contribution in [-0.2, 0) is 4.79 Å². The first-order valence-electron chi connectivity index (χ1n) is 14.6. The van der Waals surface area contributed by atoms with Gasteiger partial charge in [0.15, 0.2) is 0 Å². The SMILES string of the molecule is CCN(CC)CCC(=O)CC[C@@H](C)[C@H]1CC[C@H]2[C@@H]3CCC4CCCC[C@]4(C)[C@H]3CC[C@]12C.Cl. The Hall–Kier alpha value is -0.0800. The minimum absolute atomic E-state index is 0. The van der Waals surface area contributed by atoms with E-state index in [1.54, 1.807) is 0 Å². The van der Waals surface area contributed by atoms with Crippen LogP contribution in [0.3, 0.4) is 0 Å². The summed E-state index contributed by atoms with van der Waals surface area (Å²) < 4.78 is 0. The zero-order valence-electron chi connectivity index (χ0n) is 22.5. The van der Waals surface area contributed by atoms with Gasteiger partial charge in [-0.05, 0) is 117 Å². The number of hydrogen-bond donors (Lipinski definition) is 0. The van der Waals surface area contributed by atoms with Crippen molar-refractivity contribution in [2.45, 2.75) is 118 Å². The number of ketones is 1. The molecule has 2 nitrogen and oxygen atoms in total. The predicted octanol–water partition coefficient (Wildman–Crippen LogP) is 8.17. The molecule has 0 spiro atoms. The fourth-order valence-corrected chi connectivity index (χ4v) is 9.81. The zero-order chi connectivity index (χ0) is 22.9. The minimum atomic E-state index is 0. The third-order valence-corrected chi connectivity index (χ3v) is 11.8. The van der Waals surface area contributed by atoms with E-state index in [1.165, 1.54) is 64.2 Å². The van der Waals surface area contributed by atoms with Crippen LogP contribution in [0.4, 0.5) is 0 Å². The van der Waals surface area contributed by atoms with E-state index >= 15 is 0 Å². The van der Waals surface area contributed by atoms with Crippen LogP contribution in [0, 0.1) is 46.3 Å². The Morgan fingerprint density at radius 3 is 2.33 bits per heavy atom. The summed E-state index contributed by atoms with van der Waals surface area (Å²) in [6.07, 6.45) is 17.6. The minimum Gasteiger partial charge on any atom is -0.303 e. The summed E-state index contributed by atoms with van der Waals surface area (Å²) in [5.41, 5.74) is 1.20. The third-order valence-electron chi connectivity index (χ3n) is 11.8. The number of nitrogens with zero attached hydrogens (tertiary/aromatic N) is 1. The van der Waals surface area contributed by atoms with Crippen molar-refractivity contribution in [2.75, 3.05) is 19.6 Å². The summed E-state index contributed by atoms with van der Waals surface area (Å²) in [6.45, 7) is 15.3. The molecule has 8 atom stereocenters. The van der Waals surface area contributed by atoms with Crippen molar-refractivity contribution in [1.82, 2.24) is 4.90 Å². The molecule has 0 bridgehead atoms. The molecule has 3 heteroatoms. The normalized spacial score (nSPS) is 41.0. The van der Waals surface area contributed by atoms with Gasteiger partial charge in [0.25, 0.3) is 0 Å². The maximum atomic E-state index is 12.6. The molecule has 0 aromatic heterocycles. The van der Waals surface area contributed by atoms with Gasteiger partial charge in [-0.15, -0.1) is 12.4 Å². The van der Waals surface area contributed by atoms with Crippen molar-refractivity contribution in [3.05, 3.63) is 0 Å². The molecule has 4 aliphatic rings. The second-order valence-corrected chi connectivity index (χ2v) is 13.0. The summed E-state index contributed by atoms with van der Waals surface area (Å²) in [5.74, 6) is 6.06. The quantitative estimate of drug-likeness (QED) is 0.332. The Morgan fingerprint density at radius 1 is 0.879 bits per heavy atom. The zero-order valence-corrected chi connectivity index (χ0v) is 23.4. The Bertz CT molecular complexity index is 647. The van der Waals surface area contributed by atoms with Crippen molar-refractivity contribution in [3.63, 3.8) is 0 Å². The molecule has 192 valence electrons. The molecule has 0 aromatic rings. The summed E-state index contributed by atoms with van der Waals surface area (Å²) in [4.78, 5) is 15.0. The van der Waals surface area contributed by atoms with Gasteiger partial charge in [-0.2, -0.15) is 0 Å². The van der Waals surface area contributed by atoms with Gasteiger partial charge in [0.2, 0.25) is 0 Å². The number of carbonyl (C=O) groups is 1. The maximum Gasteiger partial charge on any atom is 0.134 e. The van der Waals surface area contributed by atoms with Gasteiger partial charge in [-0.3, -0.25) is 4.79 Å². The molecule has 0 saturated heterocycles. The average Bonchev–Trinajstić information content (AvgIpc) is 3.15. The number of halogens is 1. The Kier molecular flexibility index (Phi) is 9.44. The highest BCUT2D eigenvalue weighted by atomic mass is 35.5. The molecule has 4 rings (SSSR count). The standard InChI is InChI=1S/C30H53NO.ClH/c1-6-31(7-2)21-18-24(32)13-11-22(3)26-15-16-27-25-14-12-23-10-8-9-19-29(23,4)28(25)17-20-30(26,27)5;/h22-23,25-28H,6-21H2,1-5H3;1H/t22-,23?,25+,26-,27+,28+,29+,30-;/m1./s1. The molecule has 0 aromatic carbocycles. The highest BCUT2D eigenvalue weighted by Crippen LogP contribution is 2.68. The first-order valence-corrected chi connectivity index (χ1v) is 14.6. The molecule has 0 radical (unpaired) electrons. The van der Waals surface area contributed by atoms with Gasteiger partial charge in [0, 0.05) is 19.4 Å². The Balaban J connectivity index is 0.00000306. The molecule has 0 heterocycles. The Labute approximate surface area is 211 Å². The molecular formula is C30H54ClNO. The lowest BCUT2D eigenvalue weighted by atomic mass is 9.44. The summed E-state index contributed by atoms with van der Waals surface area (Å²) >= 11 is 0. The third kappa shape index (κ3) is 5.23. The van der Waals surface area contributed by atoms with Gasteiger partial charge in [-0.25, -0.2) is 0 Å².